The number of nitrogens with one attached hydrogen (secondary N) is 2. The van der Waals surface area contributed by atoms with Crippen molar-refractivity contribution >= 4 is 27.4 Å². The first kappa shape index (κ1) is 14.3. The highest BCUT2D eigenvalue weighted by molar-refractivity contribution is 7.19. The number of amides is 1. The zero-order valence-electron chi connectivity index (χ0n) is 11.7. The Bertz CT molecular complexity index is 458. The normalized spacial score (nSPS) is 20.3. The van der Waals surface area contributed by atoms with Gasteiger partial charge in [-0.05, 0) is 19.4 Å². The first-order chi connectivity index (χ1) is 8.88. The molecule has 1 atom stereocenters. The number of anilines is 2. The maximum atomic E-state index is 12.1. The summed E-state index contributed by atoms with van der Waals surface area (Å²) in [7, 11) is 0. The van der Waals surface area contributed by atoms with Crippen LogP contribution >= 0.6 is 11.3 Å². The fourth-order valence-corrected chi connectivity index (χ4v) is 3.14. The molecule has 19 heavy (non-hydrogen) atoms. The van der Waals surface area contributed by atoms with Crippen LogP contribution in [0.15, 0.2) is 0 Å². The number of carbonyl (C=O) groups excluding carboxylic acids is 1. The van der Waals surface area contributed by atoms with E-state index in [1.165, 1.54) is 11.3 Å². The molecule has 0 radical (unpaired) electrons. The van der Waals surface area contributed by atoms with Crippen molar-refractivity contribution in [1.29, 1.82) is 0 Å². The van der Waals surface area contributed by atoms with Gasteiger partial charge in [0.1, 0.15) is 5.00 Å². The second-order valence-corrected chi connectivity index (χ2v) is 7.00. The van der Waals surface area contributed by atoms with Gasteiger partial charge in [-0.1, -0.05) is 38.5 Å². The van der Waals surface area contributed by atoms with Crippen LogP contribution in [0.1, 0.15) is 45.7 Å². The summed E-state index contributed by atoms with van der Waals surface area (Å²) in [6.45, 7) is 7.09. The van der Waals surface area contributed by atoms with Crippen LogP contribution in [-0.2, 0) is 10.2 Å². The zero-order valence-corrected chi connectivity index (χ0v) is 12.6. The van der Waals surface area contributed by atoms with Crippen LogP contribution in [0.4, 0.5) is 10.1 Å². The van der Waals surface area contributed by atoms with Crippen molar-refractivity contribution in [1.82, 2.24) is 10.3 Å². The van der Waals surface area contributed by atoms with Crippen molar-refractivity contribution in [3.05, 3.63) is 5.69 Å². The van der Waals surface area contributed by atoms with Gasteiger partial charge in [-0.3, -0.25) is 4.79 Å². The lowest BCUT2D eigenvalue weighted by Crippen LogP contribution is -2.43. The molecule has 2 heterocycles. The molecule has 1 aromatic rings. The molecule has 1 saturated heterocycles. The van der Waals surface area contributed by atoms with E-state index in [1.807, 2.05) is 0 Å². The predicted molar refractivity (Wildman–Crippen MR) is 79.5 cm³/mol. The molecule has 4 N–H and O–H groups in total. The number of thiazole rings is 1. The summed E-state index contributed by atoms with van der Waals surface area (Å²) >= 11 is 1.34. The second kappa shape index (κ2) is 5.46. The minimum atomic E-state index is -0.105. The molecule has 0 bridgehead atoms. The molecule has 5 nitrogen and oxygen atoms in total. The number of carbonyl (C=O) groups is 1. The standard InChI is InChI=1S/C13H22N4OS/c1-13(2,3)9-10(14)19-12(16-9)17-11(18)8-6-4-5-7-15-8/h8,15H,4-7,14H2,1-3H3,(H,16,17,18). The summed E-state index contributed by atoms with van der Waals surface area (Å²) in [6.07, 6.45) is 3.12. The van der Waals surface area contributed by atoms with Gasteiger partial charge in [0.2, 0.25) is 5.91 Å². The van der Waals surface area contributed by atoms with Crippen LogP contribution in [0.3, 0.4) is 0 Å². The maximum Gasteiger partial charge on any atom is 0.243 e. The third kappa shape index (κ3) is 3.45. The first-order valence-corrected chi connectivity index (χ1v) is 7.50. The Morgan fingerprint density at radius 1 is 1.47 bits per heavy atom. The van der Waals surface area contributed by atoms with Gasteiger partial charge in [-0.2, -0.15) is 0 Å². The number of nitrogens with two attached hydrogens (primary N) is 1. The van der Waals surface area contributed by atoms with E-state index < -0.39 is 0 Å². The average molecular weight is 282 g/mol. The van der Waals surface area contributed by atoms with Gasteiger partial charge in [0.15, 0.2) is 5.13 Å². The quantitative estimate of drug-likeness (QED) is 0.776. The number of hydrogen-bond acceptors (Lipinski definition) is 5. The van der Waals surface area contributed by atoms with Crippen molar-refractivity contribution in [2.24, 2.45) is 0 Å². The van der Waals surface area contributed by atoms with Gasteiger partial charge >= 0.3 is 0 Å². The second-order valence-electron chi connectivity index (χ2n) is 5.97. The molecule has 1 aliphatic heterocycles. The number of aromatic nitrogens is 1. The van der Waals surface area contributed by atoms with E-state index in [-0.39, 0.29) is 17.4 Å². The molecule has 0 saturated carbocycles. The molecule has 1 unspecified atom stereocenters. The summed E-state index contributed by atoms with van der Waals surface area (Å²) in [5, 5.41) is 7.37. The molecule has 1 fully saturated rings. The van der Waals surface area contributed by atoms with Gasteiger partial charge in [0.25, 0.3) is 0 Å². The first-order valence-electron chi connectivity index (χ1n) is 6.69. The minimum absolute atomic E-state index is 0.00564. The summed E-state index contributed by atoms with van der Waals surface area (Å²) in [4.78, 5) is 16.5. The maximum absolute atomic E-state index is 12.1. The van der Waals surface area contributed by atoms with Crippen molar-refractivity contribution in [3.63, 3.8) is 0 Å². The molecule has 2 rings (SSSR count). The summed E-state index contributed by atoms with van der Waals surface area (Å²) in [6, 6.07) is -0.100. The third-order valence-electron chi connectivity index (χ3n) is 3.22. The highest BCUT2D eigenvalue weighted by Gasteiger charge is 2.25. The summed E-state index contributed by atoms with van der Waals surface area (Å²) in [5.41, 5.74) is 6.72. The Morgan fingerprint density at radius 2 is 2.21 bits per heavy atom. The van der Waals surface area contributed by atoms with Crippen LogP contribution in [0, 0.1) is 0 Å². The van der Waals surface area contributed by atoms with Crippen molar-refractivity contribution in [2.75, 3.05) is 17.6 Å². The molecule has 0 aromatic carbocycles. The molecule has 106 valence electrons. The Hall–Kier alpha value is -1.14. The molecule has 1 aromatic heterocycles. The van der Waals surface area contributed by atoms with Gasteiger partial charge in [-0.25, -0.2) is 4.98 Å². The largest absolute Gasteiger partial charge is 0.389 e. The topological polar surface area (TPSA) is 80.0 Å². The number of hydrogen-bond donors (Lipinski definition) is 3. The Labute approximate surface area is 118 Å². The smallest absolute Gasteiger partial charge is 0.243 e. The van der Waals surface area contributed by atoms with Crippen LogP contribution in [0.25, 0.3) is 0 Å². The van der Waals surface area contributed by atoms with Gasteiger partial charge in [0.05, 0.1) is 11.7 Å². The van der Waals surface area contributed by atoms with Crippen molar-refractivity contribution in [3.8, 4) is 0 Å². The molecule has 1 amide bonds. The molecular formula is C13H22N4OS. The lowest BCUT2D eigenvalue weighted by Gasteiger charge is -2.21. The SMILES string of the molecule is CC(C)(C)c1nc(NC(=O)C2CCCCN2)sc1N. The Balaban J connectivity index is 2.05. The number of nitrogens with zero attached hydrogens (tertiary/aromatic N) is 1. The highest BCUT2D eigenvalue weighted by atomic mass is 32.1. The molecule has 0 spiro atoms. The van der Waals surface area contributed by atoms with Gasteiger partial charge in [0, 0.05) is 5.41 Å². The average Bonchev–Trinajstić information content (AvgIpc) is 2.71. The van der Waals surface area contributed by atoms with E-state index in [4.69, 9.17) is 5.73 Å². The predicted octanol–water partition coefficient (Wildman–Crippen LogP) is 2.10. The van der Waals surface area contributed by atoms with Crippen LogP contribution in [-0.4, -0.2) is 23.5 Å². The lowest BCUT2D eigenvalue weighted by molar-refractivity contribution is -0.118. The number of piperidine rings is 1. The van der Waals surface area contributed by atoms with E-state index in [0.29, 0.717) is 10.1 Å². The van der Waals surface area contributed by atoms with Crippen LogP contribution in [0.5, 0.6) is 0 Å². The molecule has 0 aliphatic carbocycles. The fraction of sp³-hybridized carbons (Fsp3) is 0.692. The van der Waals surface area contributed by atoms with E-state index in [2.05, 4.69) is 36.4 Å². The van der Waals surface area contributed by atoms with Gasteiger partial charge in [-0.15, -0.1) is 0 Å². The van der Waals surface area contributed by atoms with E-state index in [0.717, 1.165) is 31.5 Å². The van der Waals surface area contributed by atoms with E-state index in [1.54, 1.807) is 0 Å². The summed E-state index contributed by atoms with van der Waals surface area (Å²) < 4.78 is 0. The fourth-order valence-electron chi connectivity index (χ4n) is 2.19. The third-order valence-corrected chi connectivity index (χ3v) is 4.02. The zero-order chi connectivity index (χ0) is 14.0. The monoisotopic (exact) mass is 282 g/mol. The minimum Gasteiger partial charge on any atom is -0.389 e. The van der Waals surface area contributed by atoms with Gasteiger partial charge < -0.3 is 16.4 Å². The lowest BCUT2D eigenvalue weighted by atomic mass is 9.93. The van der Waals surface area contributed by atoms with E-state index in [9.17, 15) is 4.79 Å². The van der Waals surface area contributed by atoms with Crippen molar-refractivity contribution in [2.45, 2.75) is 51.5 Å². The molecule has 6 heteroatoms. The molecule has 1 aliphatic rings. The van der Waals surface area contributed by atoms with E-state index >= 15 is 0 Å². The number of nitrogen functional groups attached to an aromatic ring is 1. The Morgan fingerprint density at radius 3 is 2.74 bits per heavy atom. The number of rotatable bonds is 2. The Kier molecular flexibility index (Phi) is 4.10. The highest BCUT2D eigenvalue weighted by Crippen LogP contribution is 2.34. The summed E-state index contributed by atoms with van der Waals surface area (Å²) in [5.74, 6) is -0.00564. The van der Waals surface area contributed by atoms with Crippen molar-refractivity contribution < 1.29 is 4.79 Å². The van der Waals surface area contributed by atoms with Crippen LogP contribution in [0.2, 0.25) is 0 Å². The molecular weight excluding hydrogens is 260 g/mol. The van der Waals surface area contributed by atoms with Crippen LogP contribution < -0.4 is 16.4 Å².